The van der Waals surface area contributed by atoms with Crippen molar-refractivity contribution < 1.29 is 19.1 Å². The molecule has 1 saturated heterocycles. The lowest BCUT2D eigenvalue weighted by Gasteiger charge is -2.32. The summed E-state index contributed by atoms with van der Waals surface area (Å²) in [5.41, 5.74) is 2.88. The third kappa shape index (κ3) is 6.36. The number of piperazine rings is 1. The van der Waals surface area contributed by atoms with Gasteiger partial charge in [0.25, 0.3) is 5.91 Å². The molecule has 0 N–H and O–H groups in total. The monoisotopic (exact) mass is 574 g/mol. The van der Waals surface area contributed by atoms with Gasteiger partial charge in [0.1, 0.15) is 5.60 Å². The lowest BCUT2D eigenvalue weighted by molar-refractivity contribution is -0.159. The van der Waals surface area contributed by atoms with E-state index in [2.05, 4.69) is 11.9 Å². The van der Waals surface area contributed by atoms with Crippen LogP contribution in [0.3, 0.4) is 0 Å². The predicted octanol–water partition coefficient (Wildman–Crippen LogP) is 4.68. The Labute approximate surface area is 245 Å². The van der Waals surface area contributed by atoms with E-state index in [1.807, 2.05) is 79.6 Å². The quantitative estimate of drug-likeness (QED) is 0.398. The molecule has 1 aromatic heterocycles. The second-order valence-electron chi connectivity index (χ2n) is 12.2. The van der Waals surface area contributed by atoms with E-state index >= 15 is 0 Å². The summed E-state index contributed by atoms with van der Waals surface area (Å²) in [6.07, 6.45) is 0.961. The van der Waals surface area contributed by atoms with Crippen LogP contribution in [-0.4, -0.2) is 78.4 Å². The number of amides is 2. The summed E-state index contributed by atoms with van der Waals surface area (Å²) in [6.45, 7) is 8.72. The van der Waals surface area contributed by atoms with Gasteiger partial charge in [0.05, 0.1) is 17.5 Å². The van der Waals surface area contributed by atoms with Crippen molar-refractivity contribution in [2.45, 2.75) is 45.6 Å². The van der Waals surface area contributed by atoms with Gasteiger partial charge in [0, 0.05) is 49.7 Å². The summed E-state index contributed by atoms with van der Waals surface area (Å²) in [6, 6.07) is 15.5. The summed E-state index contributed by atoms with van der Waals surface area (Å²) in [7, 11) is 3.79. The molecule has 0 atom stereocenters. The van der Waals surface area contributed by atoms with Crippen molar-refractivity contribution in [3.8, 4) is 11.3 Å². The molecule has 0 unspecified atom stereocenters. The van der Waals surface area contributed by atoms with E-state index in [0.29, 0.717) is 23.5 Å². The molecule has 2 aliphatic rings. The van der Waals surface area contributed by atoms with Gasteiger partial charge in [-0.25, -0.2) is 4.98 Å². The van der Waals surface area contributed by atoms with Crippen molar-refractivity contribution in [2.24, 2.45) is 5.41 Å². The maximum absolute atomic E-state index is 14.1. The number of hydrogen-bond acceptors (Lipinski definition) is 7. The van der Waals surface area contributed by atoms with E-state index in [4.69, 9.17) is 9.72 Å². The van der Waals surface area contributed by atoms with E-state index < -0.39 is 11.0 Å². The Kier molecular flexibility index (Phi) is 8.03. The minimum absolute atomic E-state index is 0.00313. The smallest absolute Gasteiger partial charge is 0.307 e. The van der Waals surface area contributed by atoms with Crippen molar-refractivity contribution in [3.63, 3.8) is 0 Å². The number of hydrogen-bond donors (Lipinski definition) is 0. The first-order chi connectivity index (χ1) is 19.4. The average molecular weight is 575 g/mol. The molecule has 9 heteroatoms. The Morgan fingerprint density at radius 3 is 2.17 bits per heavy atom. The highest BCUT2D eigenvalue weighted by atomic mass is 32.1. The van der Waals surface area contributed by atoms with Crippen molar-refractivity contribution >= 4 is 34.3 Å². The van der Waals surface area contributed by atoms with E-state index in [9.17, 15) is 14.4 Å². The van der Waals surface area contributed by atoms with Gasteiger partial charge in [-0.1, -0.05) is 36.4 Å². The lowest BCUT2D eigenvalue weighted by atomic mass is 9.80. The van der Waals surface area contributed by atoms with E-state index in [1.165, 1.54) is 11.3 Å². The molecule has 2 aromatic carbocycles. The predicted molar refractivity (Wildman–Crippen MR) is 161 cm³/mol. The number of thiazole rings is 1. The maximum Gasteiger partial charge on any atom is 0.307 e. The molecule has 1 aliphatic carbocycles. The topological polar surface area (TPSA) is 83.0 Å². The number of aromatic nitrogens is 1. The normalized spacial score (nSPS) is 16.8. The Morgan fingerprint density at radius 2 is 1.59 bits per heavy atom. The van der Waals surface area contributed by atoms with Crippen LogP contribution in [0.4, 0.5) is 5.13 Å². The Hall–Kier alpha value is -3.56. The zero-order valence-corrected chi connectivity index (χ0v) is 25.3. The Bertz CT molecular complexity index is 1410. The molecule has 8 nitrogen and oxygen atoms in total. The number of nitrogens with zero attached hydrogens (tertiary/aromatic N) is 4. The van der Waals surface area contributed by atoms with Crippen LogP contribution in [-0.2, 0) is 27.2 Å². The first-order valence-corrected chi connectivity index (χ1v) is 14.9. The summed E-state index contributed by atoms with van der Waals surface area (Å²) in [5.74, 6) is -0.478. The molecule has 0 saturated carbocycles. The number of carbonyl (C=O) groups excluding carboxylic acids is 3. The molecule has 0 radical (unpaired) electrons. The summed E-state index contributed by atoms with van der Waals surface area (Å²) < 4.78 is 5.64. The van der Waals surface area contributed by atoms with Crippen molar-refractivity contribution in [1.29, 1.82) is 0 Å². The molecule has 3 aromatic rings. The first-order valence-electron chi connectivity index (χ1n) is 14.0. The van der Waals surface area contributed by atoms with Crippen LogP contribution in [0.5, 0.6) is 0 Å². The zero-order valence-electron chi connectivity index (χ0n) is 24.5. The van der Waals surface area contributed by atoms with Crippen LogP contribution in [0, 0.1) is 5.41 Å². The molecular weight excluding hydrogens is 536 g/mol. The number of anilines is 1. The summed E-state index contributed by atoms with van der Waals surface area (Å²) in [5, 5.41) is 2.47. The number of benzene rings is 2. The third-order valence-electron chi connectivity index (χ3n) is 7.83. The highest BCUT2D eigenvalue weighted by Crippen LogP contribution is 2.43. The standard InChI is InChI=1S/C32H38N4O4S/c1-31(2,3)40-27(37)20-32(18-24-8-6-7-9-25(24)19-32)29(39)35(5)30-33-26(21-41-30)22-10-12-23(13-11-22)28(38)36-16-14-34(4)15-17-36/h6-13,21H,14-20H2,1-5H3. The van der Waals surface area contributed by atoms with Crippen molar-refractivity contribution in [1.82, 2.24) is 14.8 Å². The van der Waals surface area contributed by atoms with Gasteiger partial charge in [-0.05, 0) is 63.9 Å². The van der Waals surface area contributed by atoms with Crippen LogP contribution in [0.15, 0.2) is 53.9 Å². The van der Waals surface area contributed by atoms with Crippen LogP contribution in [0.1, 0.15) is 48.7 Å². The molecule has 2 heterocycles. The largest absolute Gasteiger partial charge is 0.460 e. The van der Waals surface area contributed by atoms with Crippen molar-refractivity contribution in [3.05, 3.63) is 70.6 Å². The number of carbonyl (C=O) groups is 3. The number of likely N-dealkylation sites (N-methyl/N-ethyl adjacent to an activating group) is 1. The van der Waals surface area contributed by atoms with Gasteiger partial charge in [0.15, 0.2) is 5.13 Å². The Balaban J connectivity index is 1.33. The molecule has 2 amide bonds. The van der Waals surface area contributed by atoms with E-state index in [0.717, 1.165) is 48.6 Å². The SMILES string of the molecule is CN1CCN(C(=O)c2ccc(-c3csc(N(C)C(=O)C4(CC(=O)OC(C)(C)C)Cc5ccccc5C4)n3)cc2)CC1. The van der Waals surface area contributed by atoms with Gasteiger partial charge in [-0.15, -0.1) is 11.3 Å². The molecule has 5 rings (SSSR count). The number of esters is 1. The second kappa shape index (κ2) is 11.4. The van der Waals surface area contributed by atoms with Crippen molar-refractivity contribution in [2.75, 3.05) is 45.2 Å². The first kappa shape index (κ1) is 29.0. The van der Waals surface area contributed by atoms with E-state index in [-0.39, 0.29) is 24.2 Å². The van der Waals surface area contributed by atoms with E-state index in [1.54, 1.807) is 11.9 Å². The molecule has 1 fully saturated rings. The molecule has 1 aliphatic heterocycles. The van der Waals surface area contributed by atoms with Gasteiger partial charge < -0.3 is 14.5 Å². The lowest BCUT2D eigenvalue weighted by Crippen LogP contribution is -2.47. The Morgan fingerprint density at radius 1 is 0.976 bits per heavy atom. The minimum atomic E-state index is -0.933. The van der Waals surface area contributed by atoms with Gasteiger partial charge in [-0.3, -0.25) is 19.3 Å². The fraction of sp³-hybridized carbons (Fsp3) is 0.438. The third-order valence-corrected chi connectivity index (χ3v) is 8.75. The van der Waals surface area contributed by atoms with Gasteiger partial charge in [0.2, 0.25) is 5.91 Å². The van der Waals surface area contributed by atoms with Crippen LogP contribution in [0.25, 0.3) is 11.3 Å². The summed E-state index contributed by atoms with van der Waals surface area (Å²) in [4.78, 5) is 50.5. The average Bonchev–Trinajstić information content (AvgIpc) is 3.57. The highest BCUT2D eigenvalue weighted by Gasteiger charge is 2.48. The fourth-order valence-corrected chi connectivity index (χ4v) is 6.47. The number of fused-ring (bicyclic) bond motifs is 1. The van der Waals surface area contributed by atoms with Crippen LogP contribution < -0.4 is 4.90 Å². The zero-order chi connectivity index (χ0) is 29.4. The van der Waals surface area contributed by atoms with Crippen LogP contribution >= 0.6 is 11.3 Å². The maximum atomic E-state index is 14.1. The number of ether oxygens (including phenoxy) is 1. The second-order valence-corrected chi connectivity index (χ2v) is 13.1. The molecule has 0 spiro atoms. The van der Waals surface area contributed by atoms with Gasteiger partial charge in [-0.2, -0.15) is 0 Å². The summed E-state index contributed by atoms with van der Waals surface area (Å²) >= 11 is 1.38. The van der Waals surface area contributed by atoms with Gasteiger partial charge >= 0.3 is 5.97 Å². The fourth-order valence-electron chi connectivity index (χ4n) is 5.67. The molecular formula is C32H38N4O4S. The minimum Gasteiger partial charge on any atom is -0.460 e. The molecule has 216 valence electrons. The number of rotatable bonds is 6. The molecule has 0 bridgehead atoms. The highest BCUT2D eigenvalue weighted by molar-refractivity contribution is 7.14. The van der Waals surface area contributed by atoms with Crippen LogP contribution in [0.2, 0.25) is 0 Å². The molecule has 41 heavy (non-hydrogen) atoms.